The number of ketones is 1. The maximum Gasteiger partial charge on any atom is 0.397 e. The molecule has 0 aromatic rings. The number of rotatable bonds is 2. The van der Waals surface area contributed by atoms with Crippen LogP contribution in [0.15, 0.2) is 11.6 Å². The molecule has 0 aromatic heterocycles. The quantitative estimate of drug-likeness (QED) is 0.561. The fraction of sp³-hybridized carbons (Fsp3) is 0.842. The Morgan fingerprint density at radius 3 is 2.54 bits per heavy atom. The van der Waals surface area contributed by atoms with Crippen LogP contribution in [0.2, 0.25) is 0 Å². The number of carbonyl (C=O) groups is 1. The topological polar surface area (TPSA) is 101 Å². The second-order valence-corrected chi connectivity index (χ2v) is 10.3. The summed E-state index contributed by atoms with van der Waals surface area (Å²) in [4.78, 5) is 12.5. The van der Waals surface area contributed by atoms with Gasteiger partial charge in [0.05, 0.1) is 6.10 Å². The Balaban J connectivity index is 1.60. The van der Waals surface area contributed by atoms with Crippen LogP contribution < -0.4 is 0 Å². The molecule has 6 nitrogen and oxygen atoms in total. The maximum absolute atomic E-state index is 12.5. The molecule has 4 aliphatic rings. The molecular weight excluding hydrogens is 356 g/mol. The highest BCUT2D eigenvalue weighted by Crippen LogP contribution is 2.64. The first-order chi connectivity index (χ1) is 12.0. The van der Waals surface area contributed by atoms with Gasteiger partial charge in [0.25, 0.3) is 0 Å². The van der Waals surface area contributed by atoms with E-state index in [0.717, 1.165) is 25.7 Å². The number of hydrogen-bond donors (Lipinski definition) is 2. The van der Waals surface area contributed by atoms with Gasteiger partial charge in [-0.15, -0.1) is 0 Å². The van der Waals surface area contributed by atoms with Gasteiger partial charge >= 0.3 is 10.4 Å². The van der Waals surface area contributed by atoms with E-state index in [-0.39, 0.29) is 17.1 Å². The van der Waals surface area contributed by atoms with Crippen LogP contribution in [0.1, 0.15) is 58.8 Å². The summed E-state index contributed by atoms with van der Waals surface area (Å²) in [6, 6.07) is 0. The van der Waals surface area contributed by atoms with Gasteiger partial charge in [0.15, 0.2) is 5.78 Å². The molecule has 0 amide bonds. The minimum absolute atomic E-state index is 0.0140. The van der Waals surface area contributed by atoms with E-state index in [1.54, 1.807) is 0 Å². The van der Waals surface area contributed by atoms with Crippen LogP contribution in [0.3, 0.4) is 0 Å². The Labute approximate surface area is 155 Å². The Morgan fingerprint density at radius 2 is 1.85 bits per heavy atom. The van der Waals surface area contributed by atoms with E-state index in [4.69, 9.17) is 8.74 Å². The molecule has 2 N–H and O–H groups in total. The van der Waals surface area contributed by atoms with E-state index in [9.17, 15) is 18.3 Å². The average molecular weight is 384 g/mol. The van der Waals surface area contributed by atoms with E-state index >= 15 is 0 Å². The first-order valence-electron chi connectivity index (χ1n) is 9.62. The van der Waals surface area contributed by atoms with Gasteiger partial charge in [0.2, 0.25) is 0 Å². The van der Waals surface area contributed by atoms with Gasteiger partial charge in [0, 0.05) is 5.41 Å². The predicted molar refractivity (Wildman–Crippen MR) is 94.5 cm³/mol. The lowest BCUT2D eigenvalue weighted by molar-refractivity contribution is -0.136. The summed E-state index contributed by atoms with van der Waals surface area (Å²) in [7, 11) is -4.43. The van der Waals surface area contributed by atoms with Crippen molar-refractivity contribution in [2.24, 2.45) is 28.6 Å². The Kier molecular flexibility index (Phi) is 4.20. The van der Waals surface area contributed by atoms with Crippen molar-refractivity contribution >= 4 is 16.2 Å². The fourth-order valence-corrected chi connectivity index (χ4v) is 7.18. The number of hydrogen-bond acceptors (Lipinski definition) is 5. The summed E-state index contributed by atoms with van der Waals surface area (Å²) in [5.74, 6) is 1.09. The average Bonchev–Trinajstić information content (AvgIpc) is 2.77. The van der Waals surface area contributed by atoms with Crippen LogP contribution in [0.4, 0.5) is 0 Å². The second-order valence-electron chi connectivity index (χ2n) is 9.22. The molecule has 3 saturated carbocycles. The lowest BCUT2D eigenvalue weighted by Crippen LogP contribution is -2.50. The third kappa shape index (κ3) is 2.70. The maximum atomic E-state index is 12.5. The first-order valence-corrected chi connectivity index (χ1v) is 11.0. The molecule has 0 aromatic carbocycles. The first kappa shape index (κ1) is 18.6. The monoisotopic (exact) mass is 384 g/mol. The Bertz CT molecular complexity index is 758. The molecule has 0 radical (unpaired) electrons. The molecule has 0 aliphatic heterocycles. The molecule has 7 atom stereocenters. The number of allylic oxidation sites excluding steroid dienone is 1. The molecule has 0 bridgehead atoms. The summed E-state index contributed by atoms with van der Waals surface area (Å²) in [5.41, 5.74) is 0.820. The smallest absolute Gasteiger partial charge is 0.385 e. The van der Waals surface area contributed by atoms with Gasteiger partial charge in [-0.1, -0.05) is 25.5 Å². The molecule has 3 fully saturated rings. The van der Waals surface area contributed by atoms with Crippen molar-refractivity contribution in [3.05, 3.63) is 11.6 Å². The van der Waals surface area contributed by atoms with Crippen molar-refractivity contribution in [3.63, 3.8) is 0 Å². The zero-order valence-corrected chi connectivity index (χ0v) is 16.2. The standard InChI is InChI=1S/C19H28O6S/c1-18-7-5-12(25-26(22,23)24)9-11(18)3-4-13-14(18)6-8-19(2)15(13)10-16(20)17(19)21/h3,12-16,20H,4-10H2,1-2H3,(H,22,23,24)/t12-,13+,14-,15-,16?,18-,19-/m0/s1. The lowest BCUT2D eigenvalue weighted by atomic mass is 9.48. The van der Waals surface area contributed by atoms with Crippen LogP contribution >= 0.6 is 0 Å². The minimum atomic E-state index is -4.43. The van der Waals surface area contributed by atoms with Gasteiger partial charge in [-0.2, -0.15) is 8.42 Å². The number of fused-ring (bicyclic) bond motifs is 5. The molecule has 7 heteroatoms. The number of Topliss-reactive ketones (excluding diaryl/α,β-unsaturated/α-hetero) is 1. The SMILES string of the molecule is C[C@]12CC[C@H](OS(=O)(=O)O)CC1=CC[C@@H]1[C@@H]2CC[C@]2(C)C(=O)C(O)C[C@@H]12. The largest absolute Gasteiger partial charge is 0.397 e. The molecule has 26 heavy (non-hydrogen) atoms. The zero-order chi connectivity index (χ0) is 18.9. The highest BCUT2D eigenvalue weighted by atomic mass is 32.3. The molecule has 4 rings (SSSR count). The molecule has 146 valence electrons. The van der Waals surface area contributed by atoms with Crippen molar-refractivity contribution in [3.8, 4) is 0 Å². The molecule has 0 heterocycles. The van der Waals surface area contributed by atoms with Crippen LogP contribution in [-0.2, 0) is 19.4 Å². The van der Waals surface area contributed by atoms with Crippen LogP contribution in [0, 0.1) is 28.6 Å². The normalized spacial score (nSPS) is 48.4. The molecule has 0 saturated heterocycles. The number of carbonyl (C=O) groups excluding carboxylic acids is 1. The number of aliphatic hydroxyl groups is 1. The van der Waals surface area contributed by atoms with Gasteiger partial charge in [-0.05, 0) is 68.1 Å². The zero-order valence-electron chi connectivity index (χ0n) is 15.3. The second kappa shape index (κ2) is 5.87. The van der Waals surface area contributed by atoms with Gasteiger partial charge < -0.3 is 5.11 Å². The van der Waals surface area contributed by atoms with E-state index in [1.807, 2.05) is 6.92 Å². The minimum Gasteiger partial charge on any atom is -0.385 e. The molecule has 4 aliphatic carbocycles. The van der Waals surface area contributed by atoms with Gasteiger partial charge in [0.1, 0.15) is 6.10 Å². The van der Waals surface area contributed by atoms with E-state index in [1.165, 1.54) is 5.57 Å². The third-order valence-electron chi connectivity index (χ3n) is 8.05. The molecule has 0 spiro atoms. The highest BCUT2D eigenvalue weighted by molar-refractivity contribution is 7.80. The number of aliphatic hydroxyl groups excluding tert-OH is 1. The highest BCUT2D eigenvalue weighted by Gasteiger charge is 2.61. The van der Waals surface area contributed by atoms with Crippen molar-refractivity contribution < 1.29 is 27.1 Å². The van der Waals surface area contributed by atoms with Crippen molar-refractivity contribution in [2.45, 2.75) is 71.0 Å². The van der Waals surface area contributed by atoms with Gasteiger partial charge in [-0.3, -0.25) is 9.35 Å². The third-order valence-corrected chi connectivity index (χ3v) is 8.56. The molecule has 1 unspecified atom stereocenters. The van der Waals surface area contributed by atoms with Crippen molar-refractivity contribution in [2.75, 3.05) is 0 Å². The van der Waals surface area contributed by atoms with E-state index in [0.29, 0.717) is 31.1 Å². The summed E-state index contributed by atoms with van der Waals surface area (Å²) < 4.78 is 35.9. The van der Waals surface area contributed by atoms with Crippen LogP contribution in [-0.4, -0.2) is 36.1 Å². The van der Waals surface area contributed by atoms with Crippen LogP contribution in [0.25, 0.3) is 0 Å². The van der Waals surface area contributed by atoms with Crippen molar-refractivity contribution in [1.29, 1.82) is 0 Å². The summed E-state index contributed by atoms with van der Waals surface area (Å²) in [6.45, 7) is 4.29. The lowest BCUT2D eigenvalue weighted by Gasteiger charge is -2.56. The Hall–Kier alpha value is -0.760. The fourth-order valence-electron chi connectivity index (χ4n) is 6.67. The summed E-state index contributed by atoms with van der Waals surface area (Å²) >= 11 is 0. The predicted octanol–water partition coefficient (Wildman–Crippen LogP) is 2.68. The van der Waals surface area contributed by atoms with E-state index < -0.39 is 28.0 Å². The van der Waals surface area contributed by atoms with Crippen molar-refractivity contribution in [1.82, 2.24) is 0 Å². The Morgan fingerprint density at radius 1 is 1.15 bits per heavy atom. The van der Waals surface area contributed by atoms with E-state index in [2.05, 4.69) is 13.0 Å². The molecular formula is C19H28O6S. The summed E-state index contributed by atoms with van der Waals surface area (Å²) in [6.07, 6.45) is 6.07. The van der Waals surface area contributed by atoms with Gasteiger partial charge in [-0.25, -0.2) is 4.18 Å². The summed E-state index contributed by atoms with van der Waals surface area (Å²) in [5, 5.41) is 10.2. The van der Waals surface area contributed by atoms with Crippen LogP contribution in [0.5, 0.6) is 0 Å².